The highest BCUT2D eigenvalue weighted by molar-refractivity contribution is 5.92. The predicted octanol–water partition coefficient (Wildman–Crippen LogP) is 2.85. The lowest BCUT2D eigenvalue weighted by molar-refractivity contribution is -0.115. The van der Waals surface area contributed by atoms with Crippen LogP contribution in [0.25, 0.3) is 0 Å². The lowest BCUT2D eigenvalue weighted by Gasteiger charge is -2.11. The molecule has 0 fully saturated rings. The Morgan fingerprint density at radius 1 is 1.35 bits per heavy atom. The first kappa shape index (κ1) is 14.2. The second kappa shape index (κ2) is 6.29. The maximum atomic E-state index is 13.3. The molecule has 2 rings (SSSR count). The van der Waals surface area contributed by atoms with Crippen LogP contribution in [0.3, 0.4) is 0 Å². The van der Waals surface area contributed by atoms with Crippen LogP contribution in [-0.2, 0) is 4.79 Å². The smallest absolute Gasteiger partial charge is 0.238 e. The Hall–Kier alpha value is -2.21. The summed E-state index contributed by atoms with van der Waals surface area (Å²) in [5.74, 6) is -1.22. The number of hydrogen-bond donors (Lipinski definition) is 2. The Labute approximate surface area is 114 Å². The highest BCUT2D eigenvalue weighted by atomic mass is 19.1. The normalized spacial score (nSPS) is 12.2. The van der Waals surface area contributed by atoms with Gasteiger partial charge in [-0.25, -0.2) is 8.78 Å². The first-order chi connectivity index (χ1) is 9.56. The zero-order chi connectivity index (χ0) is 14.5. The van der Waals surface area contributed by atoms with E-state index < -0.39 is 17.5 Å². The van der Waals surface area contributed by atoms with Crippen molar-refractivity contribution < 1.29 is 18.0 Å². The molecule has 0 radical (unpaired) electrons. The van der Waals surface area contributed by atoms with E-state index >= 15 is 0 Å². The summed E-state index contributed by atoms with van der Waals surface area (Å²) in [7, 11) is 0. The van der Waals surface area contributed by atoms with Gasteiger partial charge in [0.25, 0.3) is 0 Å². The first-order valence-electron chi connectivity index (χ1n) is 6.08. The van der Waals surface area contributed by atoms with E-state index in [1.54, 1.807) is 18.4 Å². The Morgan fingerprint density at radius 2 is 2.15 bits per heavy atom. The molecule has 1 amide bonds. The number of nitrogens with one attached hydrogen (secondary N) is 2. The largest absolute Gasteiger partial charge is 0.468 e. The van der Waals surface area contributed by atoms with E-state index in [-0.39, 0.29) is 18.3 Å². The van der Waals surface area contributed by atoms with Crippen LogP contribution in [0.4, 0.5) is 14.5 Å². The van der Waals surface area contributed by atoms with Crippen molar-refractivity contribution in [2.24, 2.45) is 0 Å². The third kappa shape index (κ3) is 3.64. The maximum absolute atomic E-state index is 13.3. The molecule has 2 aromatic rings. The van der Waals surface area contributed by atoms with Gasteiger partial charge in [0.05, 0.1) is 24.5 Å². The van der Waals surface area contributed by atoms with Crippen molar-refractivity contribution >= 4 is 11.6 Å². The number of halogens is 2. The Bertz CT molecular complexity index is 585. The molecule has 1 aromatic carbocycles. The number of rotatable bonds is 5. The summed E-state index contributed by atoms with van der Waals surface area (Å²) in [6, 6.07) is 6.37. The van der Waals surface area contributed by atoms with Gasteiger partial charge in [-0.3, -0.25) is 10.1 Å². The highest BCUT2D eigenvalue weighted by Gasteiger charge is 2.11. The van der Waals surface area contributed by atoms with Crippen molar-refractivity contribution in [3.63, 3.8) is 0 Å². The van der Waals surface area contributed by atoms with Gasteiger partial charge in [0.15, 0.2) is 0 Å². The monoisotopic (exact) mass is 280 g/mol. The second-order valence-electron chi connectivity index (χ2n) is 4.29. The minimum atomic E-state index is -0.808. The van der Waals surface area contributed by atoms with Crippen LogP contribution < -0.4 is 10.6 Å². The molecule has 4 nitrogen and oxygen atoms in total. The lowest BCUT2D eigenvalue weighted by atomic mass is 10.2. The number of hydrogen-bond acceptors (Lipinski definition) is 3. The SMILES string of the molecule is C[C@@H](NCC(=O)Nc1ccc(F)cc1F)c1ccco1. The molecule has 1 heterocycles. The van der Waals surface area contributed by atoms with Crippen LogP contribution in [-0.4, -0.2) is 12.5 Å². The third-order valence-electron chi connectivity index (χ3n) is 2.74. The molecule has 0 aliphatic rings. The van der Waals surface area contributed by atoms with Crippen molar-refractivity contribution in [1.82, 2.24) is 5.32 Å². The predicted molar refractivity (Wildman–Crippen MR) is 70.1 cm³/mol. The summed E-state index contributed by atoms with van der Waals surface area (Å²) in [4.78, 5) is 11.7. The number of anilines is 1. The molecule has 0 aliphatic carbocycles. The van der Waals surface area contributed by atoms with Gasteiger partial charge in [0, 0.05) is 6.07 Å². The Balaban J connectivity index is 1.86. The lowest BCUT2D eigenvalue weighted by Crippen LogP contribution is -2.30. The molecule has 0 saturated carbocycles. The molecule has 106 valence electrons. The molecule has 0 bridgehead atoms. The fourth-order valence-corrected chi connectivity index (χ4v) is 1.67. The molecule has 0 unspecified atom stereocenters. The van der Waals surface area contributed by atoms with Crippen LogP contribution in [0.1, 0.15) is 18.7 Å². The second-order valence-corrected chi connectivity index (χ2v) is 4.29. The number of benzene rings is 1. The van der Waals surface area contributed by atoms with E-state index in [1.807, 2.05) is 6.92 Å². The molecule has 1 atom stereocenters. The van der Waals surface area contributed by atoms with Crippen LogP contribution >= 0.6 is 0 Å². The van der Waals surface area contributed by atoms with Gasteiger partial charge in [-0.15, -0.1) is 0 Å². The molecule has 6 heteroatoms. The number of amides is 1. The van der Waals surface area contributed by atoms with E-state index in [9.17, 15) is 13.6 Å². The quantitative estimate of drug-likeness (QED) is 0.885. The van der Waals surface area contributed by atoms with Crippen molar-refractivity contribution in [3.05, 3.63) is 54.0 Å². The third-order valence-corrected chi connectivity index (χ3v) is 2.74. The van der Waals surface area contributed by atoms with E-state index in [4.69, 9.17) is 4.42 Å². The average molecular weight is 280 g/mol. The van der Waals surface area contributed by atoms with Gasteiger partial charge in [-0.1, -0.05) is 0 Å². The van der Waals surface area contributed by atoms with Crippen LogP contribution in [0.5, 0.6) is 0 Å². The summed E-state index contributed by atoms with van der Waals surface area (Å²) in [6.45, 7) is 1.82. The van der Waals surface area contributed by atoms with Crippen LogP contribution in [0, 0.1) is 11.6 Å². The summed E-state index contributed by atoms with van der Waals surface area (Å²) in [6.07, 6.45) is 1.54. The first-order valence-corrected chi connectivity index (χ1v) is 6.08. The topological polar surface area (TPSA) is 54.3 Å². The van der Waals surface area contributed by atoms with Crippen molar-refractivity contribution in [1.29, 1.82) is 0 Å². The number of carbonyl (C=O) groups excluding carboxylic acids is 1. The molecule has 0 saturated heterocycles. The highest BCUT2D eigenvalue weighted by Crippen LogP contribution is 2.15. The molecule has 0 spiro atoms. The van der Waals surface area contributed by atoms with Gasteiger partial charge in [0.1, 0.15) is 17.4 Å². The standard InChI is InChI=1S/C14H14F2N2O2/c1-9(13-3-2-6-20-13)17-8-14(19)18-12-5-4-10(15)7-11(12)16/h2-7,9,17H,8H2,1H3,(H,18,19)/t9-/m1/s1. The number of carbonyl (C=O) groups is 1. The fraction of sp³-hybridized carbons (Fsp3) is 0.214. The minimum absolute atomic E-state index is 0.0152. The average Bonchev–Trinajstić information content (AvgIpc) is 2.93. The molecule has 1 aromatic heterocycles. The fourth-order valence-electron chi connectivity index (χ4n) is 1.67. The zero-order valence-electron chi connectivity index (χ0n) is 10.8. The molecular formula is C14H14F2N2O2. The van der Waals surface area contributed by atoms with Crippen molar-refractivity contribution in [2.75, 3.05) is 11.9 Å². The van der Waals surface area contributed by atoms with E-state index in [2.05, 4.69) is 10.6 Å². The zero-order valence-corrected chi connectivity index (χ0v) is 10.8. The van der Waals surface area contributed by atoms with E-state index in [0.717, 1.165) is 6.07 Å². The van der Waals surface area contributed by atoms with Gasteiger partial charge in [-0.2, -0.15) is 0 Å². The van der Waals surface area contributed by atoms with Gasteiger partial charge < -0.3 is 9.73 Å². The molecule has 2 N–H and O–H groups in total. The minimum Gasteiger partial charge on any atom is -0.468 e. The van der Waals surface area contributed by atoms with Crippen LogP contribution in [0.2, 0.25) is 0 Å². The van der Waals surface area contributed by atoms with E-state index in [1.165, 1.54) is 6.07 Å². The molecule has 20 heavy (non-hydrogen) atoms. The molecular weight excluding hydrogens is 266 g/mol. The maximum Gasteiger partial charge on any atom is 0.238 e. The summed E-state index contributed by atoms with van der Waals surface area (Å²) in [5, 5.41) is 5.30. The van der Waals surface area contributed by atoms with E-state index in [0.29, 0.717) is 11.8 Å². The summed E-state index contributed by atoms with van der Waals surface area (Å²) >= 11 is 0. The van der Waals surface area contributed by atoms with Gasteiger partial charge in [-0.05, 0) is 31.2 Å². The van der Waals surface area contributed by atoms with Gasteiger partial charge in [0.2, 0.25) is 5.91 Å². The van der Waals surface area contributed by atoms with Crippen LogP contribution in [0.15, 0.2) is 41.0 Å². The summed E-state index contributed by atoms with van der Waals surface area (Å²) in [5.41, 5.74) is -0.0520. The molecule has 0 aliphatic heterocycles. The van der Waals surface area contributed by atoms with Crippen molar-refractivity contribution in [2.45, 2.75) is 13.0 Å². The Kier molecular flexibility index (Phi) is 4.47. The van der Waals surface area contributed by atoms with Crippen molar-refractivity contribution in [3.8, 4) is 0 Å². The Morgan fingerprint density at radius 3 is 2.80 bits per heavy atom. The number of furan rings is 1. The van der Waals surface area contributed by atoms with Gasteiger partial charge >= 0.3 is 0 Å². The summed E-state index contributed by atoms with van der Waals surface area (Å²) < 4.78 is 31.2.